The summed E-state index contributed by atoms with van der Waals surface area (Å²) in [5, 5.41) is 13.0. The van der Waals surface area contributed by atoms with Gasteiger partial charge in [0.2, 0.25) is 0 Å². The molecule has 1 unspecified atom stereocenters. The minimum absolute atomic E-state index is 0.294. The van der Waals surface area contributed by atoms with Gasteiger partial charge < -0.3 is 10.4 Å². The van der Waals surface area contributed by atoms with E-state index in [1.807, 2.05) is 0 Å². The second-order valence-electron chi connectivity index (χ2n) is 4.51. The molecule has 1 rings (SSSR count). The van der Waals surface area contributed by atoms with Crippen LogP contribution in [0.2, 0.25) is 0 Å². The Morgan fingerprint density at radius 3 is 2.21 bits per heavy atom. The van der Waals surface area contributed by atoms with E-state index in [0.29, 0.717) is 24.6 Å². The van der Waals surface area contributed by atoms with Gasteiger partial charge in [-0.3, -0.25) is 0 Å². The van der Waals surface area contributed by atoms with Gasteiger partial charge >= 0.3 is 0 Å². The van der Waals surface area contributed by atoms with E-state index in [2.05, 4.69) is 19.2 Å². The summed E-state index contributed by atoms with van der Waals surface area (Å²) in [4.78, 5) is 0. The summed E-state index contributed by atoms with van der Waals surface area (Å²) in [6.07, 6.45) is 7.66. The van der Waals surface area contributed by atoms with E-state index in [1.165, 1.54) is 38.5 Å². The van der Waals surface area contributed by atoms with E-state index < -0.39 is 0 Å². The van der Waals surface area contributed by atoms with Gasteiger partial charge in [0.25, 0.3) is 0 Å². The molecule has 1 atom stereocenters. The predicted octanol–water partition coefficient (Wildman–Crippen LogP) is 2.32. The van der Waals surface area contributed by atoms with Crippen LogP contribution in [0.1, 0.15) is 52.4 Å². The molecule has 2 heteroatoms. The van der Waals surface area contributed by atoms with Gasteiger partial charge in [-0.05, 0) is 18.8 Å². The fourth-order valence-electron chi connectivity index (χ4n) is 2.59. The minimum atomic E-state index is 0.294. The molecule has 0 amide bonds. The molecule has 0 radical (unpaired) electrons. The third kappa shape index (κ3) is 3.25. The summed E-state index contributed by atoms with van der Waals surface area (Å²) in [5.74, 6) is 0.639. The molecule has 1 aliphatic carbocycles. The Labute approximate surface area is 88.1 Å². The maximum atomic E-state index is 9.36. The minimum Gasteiger partial charge on any atom is -0.395 e. The van der Waals surface area contributed by atoms with Crippen molar-refractivity contribution in [2.75, 3.05) is 6.61 Å². The summed E-state index contributed by atoms with van der Waals surface area (Å²) < 4.78 is 0. The molecule has 1 saturated carbocycles. The van der Waals surface area contributed by atoms with Gasteiger partial charge in [-0.2, -0.15) is 0 Å². The lowest BCUT2D eigenvalue weighted by atomic mass is 9.94. The first-order valence-electron chi connectivity index (χ1n) is 6.18. The number of nitrogens with one attached hydrogen (secondary N) is 1. The molecule has 0 aromatic heterocycles. The van der Waals surface area contributed by atoms with Gasteiger partial charge in [-0.25, -0.2) is 0 Å². The zero-order valence-electron chi connectivity index (χ0n) is 9.63. The lowest BCUT2D eigenvalue weighted by molar-refractivity contribution is 0.180. The quantitative estimate of drug-likeness (QED) is 0.688. The van der Waals surface area contributed by atoms with Crippen molar-refractivity contribution in [3.05, 3.63) is 0 Å². The number of rotatable bonds is 6. The highest BCUT2D eigenvalue weighted by Gasteiger charge is 2.22. The average Bonchev–Trinajstić information content (AvgIpc) is 2.70. The van der Waals surface area contributed by atoms with Gasteiger partial charge in [0.05, 0.1) is 6.61 Å². The molecule has 84 valence electrons. The molecule has 0 heterocycles. The van der Waals surface area contributed by atoms with Crippen LogP contribution >= 0.6 is 0 Å². The molecule has 0 bridgehead atoms. The highest BCUT2D eigenvalue weighted by atomic mass is 16.3. The Balaban J connectivity index is 2.35. The fourth-order valence-corrected chi connectivity index (χ4v) is 2.59. The molecule has 1 fully saturated rings. The van der Waals surface area contributed by atoms with Crippen LogP contribution in [0.4, 0.5) is 0 Å². The van der Waals surface area contributed by atoms with Gasteiger partial charge in [0.15, 0.2) is 0 Å². The molecule has 0 aromatic rings. The molecule has 14 heavy (non-hydrogen) atoms. The molecule has 1 aliphatic rings. The second-order valence-corrected chi connectivity index (χ2v) is 4.51. The van der Waals surface area contributed by atoms with Crippen molar-refractivity contribution in [3.63, 3.8) is 0 Å². The topological polar surface area (TPSA) is 32.3 Å². The first kappa shape index (κ1) is 12.0. The van der Waals surface area contributed by atoms with Crippen LogP contribution < -0.4 is 5.32 Å². The van der Waals surface area contributed by atoms with Gasteiger partial charge in [0.1, 0.15) is 0 Å². The van der Waals surface area contributed by atoms with E-state index in [4.69, 9.17) is 0 Å². The summed E-state index contributed by atoms with van der Waals surface area (Å²) >= 11 is 0. The summed E-state index contributed by atoms with van der Waals surface area (Å²) in [5.41, 5.74) is 0. The third-order valence-electron chi connectivity index (χ3n) is 3.62. The van der Waals surface area contributed by atoms with E-state index >= 15 is 0 Å². The van der Waals surface area contributed by atoms with Crippen molar-refractivity contribution in [2.24, 2.45) is 5.92 Å². The molecular weight excluding hydrogens is 174 g/mol. The van der Waals surface area contributed by atoms with Crippen molar-refractivity contribution < 1.29 is 5.11 Å². The normalized spacial score (nSPS) is 20.6. The predicted molar refractivity (Wildman–Crippen MR) is 60.3 cm³/mol. The van der Waals surface area contributed by atoms with E-state index in [0.717, 1.165) is 0 Å². The molecule has 2 N–H and O–H groups in total. The van der Waals surface area contributed by atoms with Gasteiger partial charge in [-0.15, -0.1) is 0 Å². The van der Waals surface area contributed by atoms with Crippen LogP contribution in [0.15, 0.2) is 0 Å². The molecule has 0 saturated heterocycles. The third-order valence-corrected chi connectivity index (χ3v) is 3.62. The van der Waals surface area contributed by atoms with Crippen LogP contribution in [-0.2, 0) is 0 Å². The second kappa shape index (κ2) is 6.41. The van der Waals surface area contributed by atoms with Crippen LogP contribution in [0.5, 0.6) is 0 Å². The van der Waals surface area contributed by atoms with Gasteiger partial charge in [-0.1, -0.05) is 39.5 Å². The van der Waals surface area contributed by atoms with Crippen molar-refractivity contribution in [1.29, 1.82) is 0 Å². The largest absolute Gasteiger partial charge is 0.395 e. The number of aliphatic hydroxyl groups is 1. The van der Waals surface area contributed by atoms with E-state index in [9.17, 15) is 5.11 Å². The lowest BCUT2D eigenvalue weighted by Crippen LogP contribution is -2.43. The molecule has 0 spiro atoms. The SMILES string of the molecule is CCC(CC)C(CO)NC1CCCC1. The van der Waals surface area contributed by atoms with Crippen LogP contribution in [-0.4, -0.2) is 23.8 Å². The van der Waals surface area contributed by atoms with E-state index in [-0.39, 0.29) is 0 Å². The molecule has 0 aliphatic heterocycles. The smallest absolute Gasteiger partial charge is 0.0587 e. The molecular formula is C12H25NO. The number of hydrogen-bond acceptors (Lipinski definition) is 2. The Morgan fingerprint density at radius 2 is 1.79 bits per heavy atom. The highest BCUT2D eigenvalue weighted by Crippen LogP contribution is 2.21. The van der Waals surface area contributed by atoms with Crippen molar-refractivity contribution in [2.45, 2.75) is 64.5 Å². The van der Waals surface area contributed by atoms with Crippen molar-refractivity contribution >= 4 is 0 Å². The standard InChI is InChI=1S/C12H25NO/c1-3-10(4-2)12(9-14)13-11-7-5-6-8-11/h10-14H,3-9H2,1-2H3. The highest BCUT2D eigenvalue weighted by molar-refractivity contribution is 4.81. The zero-order valence-corrected chi connectivity index (χ0v) is 9.63. The monoisotopic (exact) mass is 199 g/mol. The van der Waals surface area contributed by atoms with Crippen LogP contribution in [0, 0.1) is 5.92 Å². The van der Waals surface area contributed by atoms with Crippen molar-refractivity contribution in [3.8, 4) is 0 Å². The maximum Gasteiger partial charge on any atom is 0.0587 e. The van der Waals surface area contributed by atoms with Crippen LogP contribution in [0.3, 0.4) is 0 Å². The lowest BCUT2D eigenvalue weighted by Gasteiger charge is -2.27. The first-order chi connectivity index (χ1) is 6.81. The van der Waals surface area contributed by atoms with Crippen molar-refractivity contribution in [1.82, 2.24) is 5.32 Å². The van der Waals surface area contributed by atoms with Gasteiger partial charge in [0, 0.05) is 12.1 Å². The Morgan fingerprint density at radius 1 is 1.21 bits per heavy atom. The molecule has 2 nitrogen and oxygen atoms in total. The summed E-state index contributed by atoms with van der Waals surface area (Å²) in [7, 11) is 0. The Hall–Kier alpha value is -0.0800. The maximum absolute atomic E-state index is 9.36. The summed E-state index contributed by atoms with van der Waals surface area (Å²) in [6, 6.07) is 1.00. The zero-order chi connectivity index (χ0) is 10.4. The number of hydrogen-bond donors (Lipinski definition) is 2. The number of aliphatic hydroxyl groups excluding tert-OH is 1. The van der Waals surface area contributed by atoms with E-state index in [1.54, 1.807) is 0 Å². The Kier molecular flexibility index (Phi) is 5.49. The summed E-state index contributed by atoms with van der Waals surface area (Å²) in [6.45, 7) is 4.73. The average molecular weight is 199 g/mol. The first-order valence-corrected chi connectivity index (χ1v) is 6.18. The fraction of sp³-hybridized carbons (Fsp3) is 1.00. The Bertz CT molecular complexity index is 139. The van der Waals surface area contributed by atoms with Crippen LogP contribution in [0.25, 0.3) is 0 Å². The molecule has 0 aromatic carbocycles.